The number of carbonyl (C=O) groups is 3. The highest BCUT2D eigenvalue weighted by molar-refractivity contribution is 8.00. The summed E-state index contributed by atoms with van der Waals surface area (Å²) in [5.74, 6) is -1.87. The number of nitrogens with zero attached hydrogens (tertiary/aromatic N) is 4. The first kappa shape index (κ1) is 42.9. The molecular formula is C43H36ClF3N6O6S2. The van der Waals surface area contributed by atoms with Crippen LogP contribution >= 0.6 is 34.9 Å². The minimum absolute atomic E-state index is 0.0212. The molecule has 0 bridgehead atoms. The van der Waals surface area contributed by atoms with Crippen molar-refractivity contribution in [3.63, 3.8) is 0 Å². The molecule has 7 rings (SSSR count). The van der Waals surface area contributed by atoms with Gasteiger partial charge in [0.1, 0.15) is 35.0 Å². The van der Waals surface area contributed by atoms with Gasteiger partial charge in [-0.1, -0.05) is 120 Å². The number of amides is 2. The van der Waals surface area contributed by atoms with Crippen LogP contribution in [0.1, 0.15) is 28.1 Å². The summed E-state index contributed by atoms with van der Waals surface area (Å²) in [5.41, 5.74) is 1.88. The smallest absolute Gasteiger partial charge is 0.425 e. The molecule has 0 aliphatic carbocycles. The highest BCUT2D eigenvalue weighted by atomic mass is 35.5. The molecule has 61 heavy (non-hydrogen) atoms. The fourth-order valence-electron chi connectivity index (χ4n) is 6.76. The summed E-state index contributed by atoms with van der Waals surface area (Å²) in [6, 6.07) is 34.4. The normalized spacial score (nSPS) is 16.8. The van der Waals surface area contributed by atoms with E-state index < -0.39 is 53.2 Å². The molecule has 18 heteroatoms. The van der Waals surface area contributed by atoms with Gasteiger partial charge in [0.15, 0.2) is 0 Å². The number of β-lactam (4-membered cyclic amide) rings is 1. The number of halogens is 4. The van der Waals surface area contributed by atoms with Crippen molar-refractivity contribution >= 4 is 63.5 Å². The van der Waals surface area contributed by atoms with Crippen LogP contribution in [0.4, 0.5) is 18.3 Å². The van der Waals surface area contributed by atoms with Gasteiger partial charge in [0.25, 0.3) is 11.8 Å². The van der Waals surface area contributed by atoms with Crippen LogP contribution in [0, 0.1) is 0 Å². The lowest BCUT2D eigenvalue weighted by atomic mass is 9.77. The van der Waals surface area contributed by atoms with E-state index >= 15 is 0 Å². The number of fused-ring (bicyclic) bond motifs is 1. The fourth-order valence-corrected chi connectivity index (χ4v) is 8.80. The lowest BCUT2D eigenvalue weighted by Crippen LogP contribution is -2.71. The van der Waals surface area contributed by atoms with E-state index in [2.05, 4.69) is 30.0 Å². The first-order valence-electron chi connectivity index (χ1n) is 18.6. The van der Waals surface area contributed by atoms with Crippen LogP contribution in [0.25, 0.3) is 0 Å². The van der Waals surface area contributed by atoms with Gasteiger partial charge in [-0.3, -0.25) is 14.5 Å². The molecular weight excluding hydrogens is 853 g/mol. The second kappa shape index (κ2) is 19.0. The van der Waals surface area contributed by atoms with E-state index in [0.29, 0.717) is 16.9 Å². The summed E-state index contributed by atoms with van der Waals surface area (Å²) in [5, 5.41) is 9.04. The van der Waals surface area contributed by atoms with Gasteiger partial charge in [0, 0.05) is 23.2 Å². The molecule has 1 saturated heterocycles. The van der Waals surface area contributed by atoms with Crippen LogP contribution in [0.3, 0.4) is 0 Å². The third-order valence-electron chi connectivity index (χ3n) is 9.57. The monoisotopic (exact) mass is 888 g/mol. The number of hydrogen-bond donors (Lipinski definition) is 2. The van der Waals surface area contributed by atoms with Crippen molar-refractivity contribution in [2.45, 2.75) is 29.7 Å². The van der Waals surface area contributed by atoms with Crippen molar-refractivity contribution in [1.29, 1.82) is 0 Å². The average Bonchev–Trinajstić information content (AvgIpc) is 3.75. The first-order valence-corrected chi connectivity index (χ1v) is 20.9. The summed E-state index contributed by atoms with van der Waals surface area (Å²) in [6.07, 6.45) is -1.53. The van der Waals surface area contributed by atoms with Gasteiger partial charge in [-0.15, -0.1) is 23.4 Å². The quantitative estimate of drug-likeness (QED) is 0.0257. The predicted octanol–water partition coefficient (Wildman–Crippen LogP) is 7.43. The van der Waals surface area contributed by atoms with Crippen LogP contribution in [-0.4, -0.2) is 80.7 Å². The van der Waals surface area contributed by atoms with Crippen LogP contribution in [0.5, 0.6) is 5.75 Å². The number of benzene rings is 4. The molecule has 2 atom stereocenters. The van der Waals surface area contributed by atoms with E-state index in [0.717, 1.165) is 28.2 Å². The second-order valence-corrected chi connectivity index (χ2v) is 15.6. The molecule has 2 aliphatic heterocycles. The highest BCUT2D eigenvalue weighted by Gasteiger charge is 2.54. The van der Waals surface area contributed by atoms with E-state index in [1.54, 1.807) is 36.4 Å². The zero-order valence-corrected chi connectivity index (χ0v) is 34.6. The van der Waals surface area contributed by atoms with Crippen molar-refractivity contribution in [3.8, 4) is 5.75 Å². The summed E-state index contributed by atoms with van der Waals surface area (Å²) < 4.78 is 54.8. The number of allylic oxidation sites excluding steroid dienone is 2. The predicted molar refractivity (Wildman–Crippen MR) is 226 cm³/mol. The average molecular weight is 889 g/mol. The third-order valence-corrected chi connectivity index (χ3v) is 11.7. The number of alkyl halides is 4. The molecule has 314 valence electrons. The van der Waals surface area contributed by atoms with E-state index in [9.17, 15) is 27.6 Å². The molecule has 4 aromatic carbocycles. The van der Waals surface area contributed by atoms with Gasteiger partial charge in [0.2, 0.25) is 23.3 Å². The van der Waals surface area contributed by atoms with Gasteiger partial charge in [-0.05, 0) is 40.0 Å². The third kappa shape index (κ3) is 9.58. The Morgan fingerprint density at radius 3 is 2.10 bits per heavy atom. The number of anilines is 1. The van der Waals surface area contributed by atoms with Crippen molar-refractivity contribution < 1.29 is 41.9 Å². The Labute approximate surface area is 361 Å². The molecule has 2 amide bonds. The maximum Gasteiger partial charge on any atom is 0.425 e. The zero-order chi connectivity index (χ0) is 43.0. The van der Waals surface area contributed by atoms with E-state index in [4.69, 9.17) is 21.1 Å². The van der Waals surface area contributed by atoms with Crippen molar-refractivity contribution in [3.05, 3.63) is 167 Å². The molecule has 1 aromatic heterocycles. The van der Waals surface area contributed by atoms with Crippen LogP contribution in [-0.2, 0) is 36.1 Å². The Kier molecular flexibility index (Phi) is 13.4. The zero-order valence-electron chi connectivity index (χ0n) is 32.2. The van der Waals surface area contributed by atoms with Gasteiger partial charge in [0.05, 0.1) is 7.11 Å². The first-order chi connectivity index (χ1) is 29.5. The topological polar surface area (TPSA) is 144 Å². The largest absolute Gasteiger partial charge is 0.497 e. The molecule has 0 unspecified atom stereocenters. The number of rotatable bonds is 16. The van der Waals surface area contributed by atoms with Crippen LogP contribution in [0.2, 0.25) is 0 Å². The maximum absolute atomic E-state index is 14.0. The standard InChI is InChI=1S/C43H36ClF3N6O6S2/c1-57-32-21-19-27(20-22-32)24-58-40(56)35-28(12-11-23-44)25-60-39-34(38(55)53(35)39)48-37(54)33(51-59-26-42(45,46)47)36-49-41(61-52-36)50-43(29-13-5-2-6-14-29,30-15-7-3-8-16-30)31-17-9-4-10-18-31/h2-22,34,39H,23-26H2,1H3,(H,48,54)(H,49,50,52)/b12-11-,51-33+/t34-,39-/m1/s1. The van der Waals surface area contributed by atoms with Crippen molar-refractivity contribution in [2.24, 2.45) is 5.16 Å². The molecule has 0 saturated carbocycles. The number of esters is 1. The Bertz CT molecular complexity index is 2340. The van der Waals surface area contributed by atoms with E-state index in [1.807, 2.05) is 91.0 Å². The van der Waals surface area contributed by atoms with Gasteiger partial charge in [-0.2, -0.15) is 22.5 Å². The van der Waals surface area contributed by atoms with Gasteiger partial charge < -0.3 is 24.9 Å². The summed E-state index contributed by atoms with van der Waals surface area (Å²) in [7, 11) is 1.53. The Hall–Kier alpha value is -6.17. The number of carbonyl (C=O) groups excluding carboxylic acids is 3. The summed E-state index contributed by atoms with van der Waals surface area (Å²) in [6.45, 7) is -1.91. The van der Waals surface area contributed by atoms with Crippen molar-refractivity contribution in [2.75, 3.05) is 30.7 Å². The number of oxime groups is 1. The lowest BCUT2D eigenvalue weighted by molar-refractivity contribution is -0.174. The number of methoxy groups -OCH3 is 1. The molecule has 5 aromatic rings. The second-order valence-electron chi connectivity index (χ2n) is 13.4. The number of hydrogen-bond acceptors (Lipinski definition) is 12. The Morgan fingerprint density at radius 1 is 0.934 bits per heavy atom. The van der Waals surface area contributed by atoms with Crippen LogP contribution in [0.15, 0.2) is 144 Å². The summed E-state index contributed by atoms with van der Waals surface area (Å²) in [4.78, 5) is 51.8. The molecule has 2 N–H and O–H groups in total. The number of aromatic nitrogens is 2. The minimum atomic E-state index is -4.78. The highest BCUT2D eigenvalue weighted by Crippen LogP contribution is 2.42. The molecule has 1 fully saturated rings. The maximum atomic E-state index is 14.0. The van der Waals surface area contributed by atoms with Crippen molar-refractivity contribution in [1.82, 2.24) is 19.6 Å². The van der Waals surface area contributed by atoms with Crippen LogP contribution < -0.4 is 15.4 Å². The number of ether oxygens (including phenoxy) is 2. The fraction of sp³-hybridized carbons (Fsp3) is 0.209. The van der Waals surface area contributed by atoms with Gasteiger partial charge >= 0.3 is 12.1 Å². The number of thioether (sulfide) groups is 1. The molecule has 0 radical (unpaired) electrons. The Balaban J connectivity index is 1.16. The van der Waals surface area contributed by atoms with Gasteiger partial charge in [-0.25, -0.2) is 4.79 Å². The number of nitrogens with one attached hydrogen (secondary N) is 2. The Morgan fingerprint density at radius 2 is 1.54 bits per heavy atom. The minimum Gasteiger partial charge on any atom is -0.497 e. The molecule has 12 nitrogen and oxygen atoms in total. The SMILES string of the molecule is COc1ccc(COC(=O)C2=C(/C=C\CCl)CS[C@@H]3[C@H](NC(=O)/C(=N/OCC(F)(F)F)c4nsc(NC(c5ccccc5)(c5ccccc5)c5ccccc5)n4)C(=O)N23)cc1. The molecule has 0 spiro atoms. The summed E-state index contributed by atoms with van der Waals surface area (Å²) >= 11 is 8.00. The molecule has 2 aliphatic rings. The van der Waals surface area contributed by atoms with E-state index in [-0.39, 0.29) is 34.9 Å². The lowest BCUT2D eigenvalue weighted by Gasteiger charge is -2.49. The molecule has 3 heterocycles. The van der Waals surface area contributed by atoms with E-state index in [1.165, 1.54) is 23.8 Å².